The van der Waals surface area contributed by atoms with Crippen LogP contribution in [0.15, 0.2) is 48.4 Å². The SMILES string of the molecule is CN/C=C(\N)c1cc(F)cc(CNC(=O)C2C=C(N3CC[C@@](C)(C4CC4)C3=O)C=CN2)c1. The van der Waals surface area contributed by atoms with Crippen molar-refractivity contribution >= 4 is 17.5 Å². The first-order valence-electron chi connectivity index (χ1n) is 11.0. The average molecular weight is 440 g/mol. The van der Waals surface area contributed by atoms with Gasteiger partial charge >= 0.3 is 0 Å². The first-order chi connectivity index (χ1) is 15.3. The fraction of sp³-hybridized carbons (Fsp3) is 0.417. The van der Waals surface area contributed by atoms with Crippen LogP contribution in [0.3, 0.4) is 0 Å². The fourth-order valence-corrected chi connectivity index (χ4v) is 4.51. The molecule has 2 atom stereocenters. The zero-order valence-electron chi connectivity index (χ0n) is 18.5. The Bertz CT molecular complexity index is 1010. The summed E-state index contributed by atoms with van der Waals surface area (Å²) >= 11 is 0. The average Bonchev–Trinajstić information content (AvgIpc) is 3.59. The van der Waals surface area contributed by atoms with Gasteiger partial charge in [0.05, 0.1) is 11.1 Å². The van der Waals surface area contributed by atoms with Gasteiger partial charge in [0.1, 0.15) is 11.9 Å². The van der Waals surface area contributed by atoms with E-state index in [1.807, 2.05) is 6.08 Å². The summed E-state index contributed by atoms with van der Waals surface area (Å²) in [6.45, 7) is 2.89. The first-order valence-corrected chi connectivity index (χ1v) is 11.0. The van der Waals surface area contributed by atoms with Crippen LogP contribution >= 0.6 is 0 Å². The highest BCUT2D eigenvalue weighted by atomic mass is 19.1. The van der Waals surface area contributed by atoms with Gasteiger partial charge in [-0.15, -0.1) is 0 Å². The molecule has 2 aliphatic heterocycles. The van der Waals surface area contributed by atoms with E-state index < -0.39 is 11.9 Å². The van der Waals surface area contributed by atoms with Crippen LogP contribution in [-0.2, 0) is 16.1 Å². The molecule has 2 heterocycles. The fourth-order valence-electron chi connectivity index (χ4n) is 4.51. The third-order valence-electron chi connectivity index (χ3n) is 6.59. The topological polar surface area (TPSA) is 99.5 Å². The van der Waals surface area contributed by atoms with Crippen molar-refractivity contribution in [2.24, 2.45) is 17.1 Å². The highest BCUT2D eigenvalue weighted by Crippen LogP contribution is 2.51. The predicted molar refractivity (Wildman–Crippen MR) is 121 cm³/mol. The van der Waals surface area contributed by atoms with E-state index in [1.54, 1.807) is 36.5 Å². The summed E-state index contributed by atoms with van der Waals surface area (Å²) < 4.78 is 14.0. The lowest BCUT2D eigenvalue weighted by Gasteiger charge is -2.26. The zero-order chi connectivity index (χ0) is 22.9. The summed E-state index contributed by atoms with van der Waals surface area (Å²) in [7, 11) is 1.71. The second-order valence-corrected chi connectivity index (χ2v) is 8.92. The molecular weight excluding hydrogens is 409 g/mol. The van der Waals surface area contributed by atoms with Gasteiger partial charge in [-0.2, -0.15) is 0 Å². The molecule has 0 bridgehead atoms. The summed E-state index contributed by atoms with van der Waals surface area (Å²) in [6.07, 6.45) is 9.97. The van der Waals surface area contributed by atoms with Crippen molar-refractivity contribution in [2.75, 3.05) is 13.6 Å². The van der Waals surface area contributed by atoms with E-state index in [-0.39, 0.29) is 23.8 Å². The molecule has 0 aromatic heterocycles. The number of carbonyl (C=O) groups is 2. The highest BCUT2D eigenvalue weighted by molar-refractivity contribution is 5.88. The van der Waals surface area contributed by atoms with Crippen molar-refractivity contribution in [1.82, 2.24) is 20.9 Å². The normalized spacial score (nSPS) is 25.4. The van der Waals surface area contributed by atoms with Crippen LogP contribution in [0.5, 0.6) is 0 Å². The molecule has 1 unspecified atom stereocenters. The van der Waals surface area contributed by atoms with Crippen molar-refractivity contribution in [2.45, 2.75) is 38.8 Å². The summed E-state index contributed by atoms with van der Waals surface area (Å²) in [5, 5.41) is 8.67. The minimum atomic E-state index is -0.613. The summed E-state index contributed by atoms with van der Waals surface area (Å²) in [5.41, 5.74) is 7.94. The number of hydrogen-bond acceptors (Lipinski definition) is 5. The molecule has 0 spiro atoms. The van der Waals surface area contributed by atoms with E-state index in [2.05, 4.69) is 22.9 Å². The molecule has 7 nitrogen and oxygen atoms in total. The summed E-state index contributed by atoms with van der Waals surface area (Å²) in [6, 6.07) is 3.84. The molecule has 2 fully saturated rings. The van der Waals surface area contributed by atoms with Crippen LogP contribution in [0, 0.1) is 17.2 Å². The number of benzene rings is 1. The monoisotopic (exact) mass is 439 g/mol. The standard InChI is InChI=1S/C24H30FN5O2/c1-24(17-3-4-17)6-8-30(23(24)32)19-5-7-28-21(12-19)22(31)29-13-15-9-16(11-18(25)10-15)20(26)14-27-2/h5,7,9-12,14,17,21,27-28H,3-4,6,8,13,26H2,1-2H3,(H,29,31)/b20-14-/t21?,24-/m0/s1. The number of nitrogens with two attached hydrogens (primary N) is 1. The largest absolute Gasteiger partial charge is 0.397 e. The van der Waals surface area contributed by atoms with Gasteiger partial charge in [0.25, 0.3) is 0 Å². The van der Waals surface area contributed by atoms with E-state index in [0.717, 1.165) is 25.0 Å². The van der Waals surface area contributed by atoms with Gasteiger partial charge in [0, 0.05) is 37.6 Å². The van der Waals surface area contributed by atoms with Gasteiger partial charge < -0.3 is 26.6 Å². The highest BCUT2D eigenvalue weighted by Gasteiger charge is 2.52. The van der Waals surface area contributed by atoms with Crippen LogP contribution in [0.2, 0.25) is 0 Å². The molecule has 1 aliphatic carbocycles. The molecule has 170 valence electrons. The third kappa shape index (κ3) is 4.35. The summed E-state index contributed by atoms with van der Waals surface area (Å²) in [4.78, 5) is 27.6. The number of halogens is 1. The molecular formula is C24H30FN5O2. The van der Waals surface area contributed by atoms with Crippen molar-refractivity contribution in [1.29, 1.82) is 0 Å². The molecule has 1 saturated heterocycles. The van der Waals surface area contributed by atoms with Crippen molar-refractivity contribution in [3.05, 3.63) is 65.4 Å². The Labute approximate surface area is 187 Å². The minimum absolute atomic E-state index is 0.150. The summed E-state index contributed by atoms with van der Waals surface area (Å²) in [5.74, 6) is -0.0469. The number of hydrogen-bond donors (Lipinski definition) is 4. The van der Waals surface area contributed by atoms with Crippen LogP contribution in [0.4, 0.5) is 4.39 Å². The lowest BCUT2D eigenvalue weighted by molar-refractivity contribution is -0.134. The van der Waals surface area contributed by atoms with Crippen molar-refractivity contribution < 1.29 is 14.0 Å². The zero-order valence-corrected chi connectivity index (χ0v) is 18.5. The number of allylic oxidation sites excluding steroid dienone is 1. The quantitative estimate of drug-likeness (QED) is 0.520. The maximum atomic E-state index is 14.0. The smallest absolute Gasteiger partial charge is 0.246 e. The number of carbonyl (C=O) groups excluding carboxylic acids is 2. The number of dihydropyridines is 1. The second-order valence-electron chi connectivity index (χ2n) is 8.92. The van der Waals surface area contributed by atoms with Gasteiger partial charge in [0.15, 0.2) is 0 Å². The van der Waals surface area contributed by atoms with Crippen LogP contribution in [0.25, 0.3) is 5.70 Å². The van der Waals surface area contributed by atoms with Gasteiger partial charge in [-0.1, -0.05) is 6.92 Å². The maximum Gasteiger partial charge on any atom is 0.246 e. The molecule has 2 amide bonds. The Kier molecular flexibility index (Phi) is 5.95. The van der Waals surface area contributed by atoms with E-state index in [0.29, 0.717) is 29.3 Å². The van der Waals surface area contributed by atoms with Gasteiger partial charge in [-0.05, 0) is 67.3 Å². The molecule has 5 N–H and O–H groups in total. The molecule has 1 aromatic carbocycles. The number of likely N-dealkylation sites (tertiary alicyclic amines) is 1. The molecule has 1 saturated carbocycles. The number of rotatable bonds is 7. The Morgan fingerprint density at radius 1 is 1.38 bits per heavy atom. The van der Waals surface area contributed by atoms with Crippen LogP contribution in [0.1, 0.15) is 37.3 Å². The molecule has 8 heteroatoms. The number of nitrogens with zero attached hydrogens (tertiary/aromatic N) is 1. The van der Waals surface area contributed by atoms with E-state index in [1.165, 1.54) is 12.1 Å². The first kappa shape index (κ1) is 21.9. The Morgan fingerprint density at radius 2 is 2.16 bits per heavy atom. The Balaban J connectivity index is 1.41. The Morgan fingerprint density at radius 3 is 2.88 bits per heavy atom. The molecule has 1 aromatic rings. The van der Waals surface area contributed by atoms with Crippen LogP contribution < -0.4 is 21.7 Å². The molecule has 0 radical (unpaired) electrons. The Hall–Kier alpha value is -3.29. The van der Waals surface area contributed by atoms with Crippen molar-refractivity contribution in [3.8, 4) is 0 Å². The lowest BCUT2D eigenvalue weighted by Crippen LogP contribution is -2.43. The lowest BCUT2D eigenvalue weighted by atomic mass is 9.83. The predicted octanol–water partition coefficient (Wildman–Crippen LogP) is 1.94. The van der Waals surface area contributed by atoms with Gasteiger partial charge in [-0.3, -0.25) is 9.59 Å². The van der Waals surface area contributed by atoms with E-state index in [9.17, 15) is 14.0 Å². The third-order valence-corrected chi connectivity index (χ3v) is 6.59. The molecule has 4 rings (SSSR count). The minimum Gasteiger partial charge on any atom is -0.397 e. The van der Waals surface area contributed by atoms with Gasteiger partial charge in [0.2, 0.25) is 11.8 Å². The van der Waals surface area contributed by atoms with Gasteiger partial charge in [-0.25, -0.2) is 4.39 Å². The number of nitrogens with one attached hydrogen (secondary N) is 3. The molecule has 3 aliphatic rings. The maximum absolute atomic E-state index is 14.0. The second kappa shape index (κ2) is 8.68. The van der Waals surface area contributed by atoms with Crippen LogP contribution in [-0.4, -0.2) is 36.3 Å². The number of amides is 2. The van der Waals surface area contributed by atoms with E-state index in [4.69, 9.17) is 5.73 Å². The van der Waals surface area contributed by atoms with E-state index >= 15 is 0 Å². The van der Waals surface area contributed by atoms with Crippen molar-refractivity contribution in [3.63, 3.8) is 0 Å². The molecule has 32 heavy (non-hydrogen) atoms.